The Morgan fingerprint density at radius 1 is 1.33 bits per heavy atom. The van der Waals surface area contributed by atoms with Crippen molar-refractivity contribution in [3.8, 4) is 0 Å². The minimum atomic E-state index is -0.195. The van der Waals surface area contributed by atoms with Crippen LogP contribution in [0.5, 0.6) is 0 Å². The molecule has 1 fully saturated rings. The summed E-state index contributed by atoms with van der Waals surface area (Å²) in [4.78, 5) is 28.6. The highest BCUT2D eigenvalue weighted by Gasteiger charge is 2.25. The van der Waals surface area contributed by atoms with Gasteiger partial charge in [-0.3, -0.25) is 9.59 Å². The first-order valence-electron chi connectivity index (χ1n) is 8.14. The molecular formula is C18H23ClN2O2S. The molecule has 1 heterocycles. The van der Waals surface area contributed by atoms with Gasteiger partial charge in [0.05, 0.1) is 6.54 Å². The zero-order chi connectivity index (χ0) is 17.5. The highest BCUT2D eigenvalue weighted by Crippen LogP contribution is 2.31. The zero-order valence-corrected chi connectivity index (χ0v) is 15.5. The Morgan fingerprint density at radius 2 is 1.96 bits per heavy atom. The van der Waals surface area contributed by atoms with Crippen LogP contribution in [0.3, 0.4) is 0 Å². The number of likely N-dealkylation sites (tertiary alicyclic amines) is 1. The first-order chi connectivity index (χ1) is 11.5. The Labute approximate surface area is 152 Å². The smallest absolute Gasteiger partial charge is 0.246 e. The maximum Gasteiger partial charge on any atom is 0.246 e. The molecule has 0 spiro atoms. The number of piperidine rings is 1. The van der Waals surface area contributed by atoms with Crippen molar-refractivity contribution in [3.05, 3.63) is 41.9 Å². The molecule has 1 aliphatic heterocycles. The lowest BCUT2D eigenvalue weighted by atomic mass is 10.1. The van der Waals surface area contributed by atoms with Crippen molar-refractivity contribution < 1.29 is 9.59 Å². The number of thioether (sulfide) groups is 1. The number of hydrogen-bond acceptors (Lipinski definition) is 3. The third-order valence-electron chi connectivity index (χ3n) is 4.11. The second-order valence-electron chi connectivity index (χ2n) is 5.71. The molecule has 1 aromatic rings. The number of likely N-dealkylation sites (N-methyl/N-ethyl adjacent to an activating group) is 1. The van der Waals surface area contributed by atoms with Crippen LogP contribution in [0.2, 0.25) is 5.02 Å². The molecule has 0 aromatic heterocycles. The van der Waals surface area contributed by atoms with E-state index in [9.17, 15) is 9.59 Å². The van der Waals surface area contributed by atoms with E-state index in [0.29, 0.717) is 11.8 Å². The second kappa shape index (κ2) is 9.14. The van der Waals surface area contributed by atoms with Gasteiger partial charge < -0.3 is 9.80 Å². The first-order valence-corrected chi connectivity index (χ1v) is 9.40. The molecule has 0 unspecified atom stereocenters. The van der Waals surface area contributed by atoms with E-state index in [1.54, 1.807) is 0 Å². The van der Waals surface area contributed by atoms with E-state index in [1.165, 1.54) is 15.9 Å². The van der Waals surface area contributed by atoms with E-state index in [0.717, 1.165) is 31.0 Å². The van der Waals surface area contributed by atoms with Crippen molar-refractivity contribution in [2.75, 3.05) is 26.2 Å². The quantitative estimate of drug-likeness (QED) is 0.724. The van der Waals surface area contributed by atoms with Gasteiger partial charge in [0.2, 0.25) is 11.8 Å². The summed E-state index contributed by atoms with van der Waals surface area (Å²) in [7, 11) is 0. The van der Waals surface area contributed by atoms with Gasteiger partial charge in [0.15, 0.2) is 0 Å². The Balaban J connectivity index is 1.81. The largest absolute Gasteiger partial charge is 0.341 e. The van der Waals surface area contributed by atoms with E-state index in [4.69, 9.17) is 11.6 Å². The van der Waals surface area contributed by atoms with Crippen molar-refractivity contribution in [1.29, 1.82) is 0 Å². The summed E-state index contributed by atoms with van der Waals surface area (Å²) in [6, 6.07) is 7.87. The van der Waals surface area contributed by atoms with Crippen LogP contribution in [0.15, 0.2) is 41.8 Å². The topological polar surface area (TPSA) is 40.6 Å². The molecule has 4 nitrogen and oxygen atoms in total. The van der Waals surface area contributed by atoms with Gasteiger partial charge in [-0.25, -0.2) is 0 Å². The van der Waals surface area contributed by atoms with Gasteiger partial charge in [-0.05, 0) is 50.1 Å². The van der Waals surface area contributed by atoms with Crippen LogP contribution in [0, 0.1) is 0 Å². The summed E-state index contributed by atoms with van der Waals surface area (Å²) in [6.45, 7) is 7.47. The van der Waals surface area contributed by atoms with E-state index < -0.39 is 0 Å². The van der Waals surface area contributed by atoms with Crippen molar-refractivity contribution in [2.45, 2.75) is 29.9 Å². The number of nitrogens with zero attached hydrogens (tertiary/aromatic N) is 2. The SMILES string of the molecule is C=CC(=O)N(CC)CC(=O)N1CCC(Sc2ccc(Cl)cc2)CC1. The van der Waals surface area contributed by atoms with Crippen LogP contribution in [-0.2, 0) is 9.59 Å². The van der Waals surface area contributed by atoms with Crippen LogP contribution in [0.4, 0.5) is 0 Å². The fourth-order valence-corrected chi connectivity index (χ4v) is 3.92. The lowest BCUT2D eigenvalue weighted by Crippen LogP contribution is -2.45. The molecule has 0 aliphatic carbocycles. The number of carbonyl (C=O) groups excluding carboxylic acids is 2. The molecule has 6 heteroatoms. The predicted molar refractivity (Wildman–Crippen MR) is 99.4 cm³/mol. The summed E-state index contributed by atoms with van der Waals surface area (Å²) in [5.74, 6) is -0.180. The lowest BCUT2D eigenvalue weighted by Gasteiger charge is -2.33. The fraction of sp³-hybridized carbons (Fsp3) is 0.444. The highest BCUT2D eigenvalue weighted by molar-refractivity contribution is 8.00. The van der Waals surface area contributed by atoms with Crippen molar-refractivity contribution in [2.24, 2.45) is 0 Å². The van der Waals surface area contributed by atoms with E-state index in [-0.39, 0.29) is 18.4 Å². The molecule has 24 heavy (non-hydrogen) atoms. The molecule has 0 saturated carbocycles. The average Bonchev–Trinajstić information content (AvgIpc) is 2.61. The van der Waals surface area contributed by atoms with Gasteiger partial charge >= 0.3 is 0 Å². The van der Waals surface area contributed by atoms with Crippen LogP contribution in [0.1, 0.15) is 19.8 Å². The molecule has 1 aromatic carbocycles. The minimum Gasteiger partial charge on any atom is -0.341 e. The predicted octanol–water partition coefficient (Wildman–Crippen LogP) is 3.46. The minimum absolute atomic E-state index is 0.0157. The lowest BCUT2D eigenvalue weighted by molar-refractivity contribution is -0.138. The van der Waals surface area contributed by atoms with Crippen LogP contribution in [-0.4, -0.2) is 53.0 Å². The number of rotatable bonds is 6. The first kappa shape index (κ1) is 18.9. The molecule has 1 aliphatic rings. The molecule has 0 atom stereocenters. The maximum atomic E-state index is 12.4. The van der Waals surface area contributed by atoms with Crippen LogP contribution >= 0.6 is 23.4 Å². The average molecular weight is 367 g/mol. The Morgan fingerprint density at radius 3 is 2.50 bits per heavy atom. The summed E-state index contributed by atoms with van der Waals surface area (Å²) >= 11 is 7.75. The van der Waals surface area contributed by atoms with Crippen LogP contribution < -0.4 is 0 Å². The van der Waals surface area contributed by atoms with E-state index in [2.05, 4.69) is 6.58 Å². The number of amides is 2. The molecule has 0 radical (unpaired) electrons. The molecule has 1 saturated heterocycles. The van der Waals surface area contributed by atoms with Crippen molar-refractivity contribution in [1.82, 2.24) is 9.80 Å². The van der Waals surface area contributed by atoms with Gasteiger partial charge in [0.25, 0.3) is 0 Å². The summed E-state index contributed by atoms with van der Waals surface area (Å²) < 4.78 is 0. The Bertz CT molecular complexity index is 583. The van der Waals surface area contributed by atoms with Crippen LogP contribution in [0.25, 0.3) is 0 Å². The zero-order valence-electron chi connectivity index (χ0n) is 13.9. The number of carbonyl (C=O) groups is 2. The standard InChI is InChI=1S/C18H23ClN2O2S/c1-3-17(22)20(4-2)13-18(23)21-11-9-16(10-12-21)24-15-7-5-14(19)6-8-15/h3,5-8,16H,1,4,9-13H2,2H3. The van der Waals surface area contributed by atoms with E-state index in [1.807, 2.05) is 47.9 Å². The third-order valence-corrected chi connectivity index (χ3v) is 5.71. The Kier molecular flexibility index (Phi) is 7.18. The van der Waals surface area contributed by atoms with Crippen molar-refractivity contribution in [3.63, 3.8) is 0 Å². The Hall–Kier alpha value is -1.46. The number of halogens is 1. The van der Waals surface area contributed by atoms with Crippen molar-refractivity contribution >= 4 is 35.2 Å². The summed E-state index contributed by atoms with van der Waals surface area (Å²) in [5, 5.41) is 1.25. The molecule has 0 bridgehead atoms. The van der Waals surface area contributed by atoms with Gasteiger partial charge in [0, 0.05) is 34.8 Å². The van der Waals surface area contributed by atoms with E-state index >= 15 is 0 Å². The molecule has 2 rings (SSSR count). The summed E-state index contributed by atoms with van der Waals surface area (Å²) in [5.41, 5.74) is 0. The monoisotopic (exact) mass is 366 g/mol. The van der Waals surface area contributed by atoms with Gasteiger partial charge in [-0.15, -0.1) is 11.8 Å². The van der Waals surface area contributed by atoms with Gasteiger partial charge in [-0.2, -0.15) is 0 Å². The summed E-state index contributed by atoms with van der Waals surface area (Å²) in [6.07, 6.45) is 3.17. The normalized spacial score (nSPS) is 15.2. The van der Waals surface area contributed by atoms with Gasteiger partial charge in [0.1, 0.15) is 0 Å². The molecule has 0 N–H and O–H groups in total. The highest BCUT2D eigenvalue weighted by atomic mass is 35.5. The molecule has 2 amide bonds. The number of hydrogen-bond donors (Lipinski definition) is 0. The van der Waals surface area contributed by atoms with Gasteiger partial charge in [-0.1, -0.05) is 18.2 Å². The molecular weight excluding hydrogens is 344 g/mol. The second-order valence-corrected chi connectivity index (χ2v) is 7.52. The third kappa shape index (κ3) is 5.28. The number of benzene rings is 1. The maximum absolute atomic E-state index is 12.4. The molecule has 130 valence electrons. The fourth-order valence-electron chi connectivity index (χ4n) is 2.67.